The van der Waals surface area contributed by atoms with Crippen LogP contribution >= 0.6 is 11.3 Å². The highest BCUT2D eigenvalue weighted by Gasteiger charge is 2.11. The Morgan fingerprint density at radius 2 is 2.06 bits per heavy atom. The van der Waals surface area contributed by atoms with Crippen LogP contribution in [0.2, 0.25) is 0 Å². The topological polar surface area (TPSA) is 50.2 Å². The molecule has 0 spiro atoms. The zero-order chi connectivity index (χ0) is 12.1. The van der Waals surface area contributed by atoms with Crippen molar-refractivity contribution in [3.05, 3.63) is 40.9 Å². The smallest absolute Gasteiger partial charge is 0.169 e. The first-order valence-electron chi connectivity index (χ1n) is 5.46. The quantitative estimate of drug-likeness (QED) is 0.826. The summed E-state index contributed by atoms with van der Waals surface area (Å²) in [6, 6.07) is 9.80. The maximum absolute atomic E-state index is 10.9. The molecule has 0 fully saturated rings. The van der Waals surface area contributed by atoms with Gasteiger partial charge in [-0.05, 0) is 12.8 Å². The molecule has 0 unspecified atom stereocenters. The van der Waals surface area contributed by atoms with Gasteiger partial charge in [-0.1, -0.05) is 30.3 Å². The summed E-state index contributed by atoms with van der Waals surface area (Å²) in [5, 5.41) is 9.67. The highest BCUT2D eigenvalue weighted by molar-refractivity contribution is 7.15. The predicted molar refractivity (Wildman–Crippen MR) is 68.3 cm³/mol. The normalized spacial score (nSPS) is 10.4. The summed E-state index contributed by atoms with van der Waals surface area (Å²) < 4.78 is 0. The summed E-state index contributed by atoms with van der Waals surface area (Å²) in [6.45, 7) is 0.136. The Kier molecular flexibility index (Phi) is 4.01. The lowest BCUT2D eigenvalue weighted by Crippen LogP contribution is -1.91. The molecule has 0 radical (unpaired) electrons. The van der Waals surface area contributed by atoms with Crippen molar-refractivity contribution in [2.45, 2.75) is 12.8 Å². The summed E-state index contributed by atoms with van der Waals surface area (Å²) in [5.74, 6) is 0. The third-order valence-electron chi connectivity index (χ3n) is 2.42. The molecule has 0 aliphatic heterocycles. The van der Waals surface area contributed by atoms with Gasteiger partial charge in [-0.2, -0.15) is 0 Å². The molecular formula is C13H13NO2S. The fraction of sp³-hybridized carbons (Fsp3) is 0.231. The Balaban J connectivity index is 2.31. The lowest BCUT2D eigenvalue weighted by molar-refractivity contribution is 0.111. The molecule has 17 heavy (non-hydrogen) atoms. The van der Waals surface area contributed by atoms with Gasteiger partial charge in [-0.15, -0.1) is 11.3 Å². The van der Waals surface area contributed by atoms with Crippen molar-refractivity contribution in [2.24, 2.45) is 0 Å². The van der Waals surface area contributed by atoms with Crippen molar-refractivity contribution < 1.29 is 9.90 Å². The van der Waals surface area contributed by atoms with E-state index in [4.69, 9.17) is 5.11 Å². The molecule has 2 rings (SSSR count). The molecule has 0 saturated heterocycles. The van der Waals surface area contributed by atoms with E-state index in [0.29, 0.717) is 18.5 Å². The molecule has 1 aromatic carbocycles. The Labute approximate surface area is 104 Å². The second kappa shape index (κ2) is 5.70. The van der Waals surface area contributed by atoms with Crippen LogP contribution in [-0.2, 0) is 6.42 Å². The Morgan fingerprint density at radius 3 is 2.71 bits per heavy atom. The Hall–Kier alpha value is -1.52. The van der Waals surface area contributed by atoms with Crippen LogP contribution < -0.4 is 0 Å². The summed E-state index contributed by atoms with van der Waals surface area (Å²) >= 11 is 1.52. The van der Waals surface area contributed by atoms with Crippen LogP contribution in [0.4, 0.5) is 0 Å². The zero-order valence-electron chi connectivity index (χ0n) is 9.30. The van der Waals surface area contributed by atoms with Crippen molar-refractivity contribution in [2.75, 3.05) is 6.61 Å². The first kappa shape index (κ1) is 12.0. The van der Waals surface area contributed by atoms with Gasteiger partial charge in [0.15, 0.2) is 6.29 Å². The number of carbonyl (C=O) groups excluding carboxylic acids is 1. The highest BCUT2D eigenvalue weighted by Crippen LogP contribution is 2.28. The molecule has 0 saturated carbocycles. The maximum Gasteiger partial charge on any atom is 0.169 e. The van der Waals surface area contributed by atoms with E-state index in [0.717, 1.165) is 21.7 Å². The number of hydrogen-bond donors (Lipinski definition) is 1. The number of aliphatic hydroxyl groups excluding tert-OH is 1. The molecule has 2 aromatic rings. The standard InChI is InChI=1S/C13H13NO2S/c15-8-4-7-12-11(9-16)14-13(17-12)10-5-2-1-3-6-10/h1-3,5-6,9,15H,4,7-8H2. The van der Waals surface area contributed by atoms with E-state index >= 15 is 0 Å². The van der Waals surface area contributed by atoms with Gasteiger partial charge in [0.1, 0.15) is 10.7 Å². The minimum absolute atomic E-state index is 0.136. The first-order valence-corrected chi connectivity index (χ1v) is 6.28. The summed E-state index contributed by atoms with van der Waals surface area (Å²) in [4.78, 5) is 16.2. The number of benzene rings is 1. The van der Waals surface area contributed by atoms with Gasteiger partial charge < -0.3 is 5.11 Å². The number of aromatic nitrogens is 1. The van der Waals surface area contributed by atoms with Crippen LogP contribution in [-0.4, -0.2) is 23.0 Å². The molecular weight excluding hydrogens is 234 g/mol. The van der Waals surface area contributed by atoms with Crippen molar-refractivity contribution in [3.63, 3.8) is 0 Å². The van der Waals surface area contributed by atoms with Gasteiger partial charge in [0.25, 0.3) is 0 Å². The lowest BCUT2D eigenvalue weighted by atomic mass is 10.2. The fourth-order valence-corrected chi connectivity index (χ4v) is 2.65. The summed E-state index contributed by atoms with van der Waals surface area (Å²) in [5.41, 5.74) is 1.53. The van der Waals surface area contributed by atoms with E-state index in [1.807, 2.05) is 30.3 Å². The number of aliphatic hydroxyl groups is 1. The molecule has 1 N–H and O–H groups in total. The summed E-state index contributed by atoms with van der Waals surface area (Å²) in [7, 11) is 0. The molecule has 3 nitrogen and oxygen atoms in total. The SMILES string of the molecule is O=Cc1nc(-c2ccccc2)sc1CCCO. The van der Waals surface area contributed by atoms with E-state index in [9.17, 15) is 4.79 Å². The molecule has 0 amide bonds. The lowest BCUT2D eigenvalue weighted by Gasteiger charge is -1.94. The predicted octanol–water partition coefficient (Wildman–Crippen LogP) is 2.55. The number of hydrogen-bond acceptors (Lipinski definition) is 4. The fourth-order valence-electron chi connectivity index (χ4n) is 1.58. The highest BCUT2D eigenvalue weighted by atomic mass is 32.1. The molecule has 0 aliphatic rings. The maximum atomic E-state index is 10.9. The largest absolute Gasteiger partial charge is 0.396 e. The number of aldehydes is 1. The molecule has 4 heteroatoms. The van der Waals surface area contributed by atoms with Gasteiger partial charge in [0.2, 0.25) is 0 Å². The van der Waals surface area contributed by atoms with Crippen LogP contribution in [0.3, 0.4) is 0 Å². The van der Waals surface area contributed by atoms with E-state index < -0.39 is 0 Å². The monoisotopic (exact) mass is 247 g/mol. The van der Waals surface area contributed by atoms with Crippen LogP contribution in [0.25, 0.3) is 10.6 Å². The molecule has 0 bridgehead atoms. The van der Waals surface area contributed by atoms with Crippen molar-refractivity contribution in [1.82, 2.24) is 4.98 Å². The van der Waals surface area contributed by atoms with Gasteiger partial charge in [-0.3, -0.25) is 4.79 Å². The molecule has 1 aromatic heterocycles. The summed E-state index contributed by atoms with van der Waals surface area (Å²) in [6.07, 6.45) is 2.15. The third-order valence-corrected chi connectivity index (χ3v) is 3.60. The number of aryl methyl sites for hydroxylation is 1. The Morgan fingerprint density at radius 1 is 1.29 bits per heavy atom. The molecule has 0 atom stereocenters. The van der Waals surface area contributed by atoms with Gasteiger partial charge in [-0.25, -0.2) is 4.98 Å². The van der Waals surface area contributed by atoms with E-state index in [1.54, 1.807) is 0 Å². The first-order chi connectivity index (χ1) is 8.35. The average Bonchev–Trinajstić information content (AvgIpc) is 2.80. The molecule has 0 aliphatic carbocycles. The number of rotatable bonds is 5. The van der Waals surface area contributed by atoms with Gasteiger partial charge in [0.05, 0.1) is 0 Å². The van der Waals surface area contributed by atoms with Gasteiger partial charge in [0, 0.05) is 17.0 Å². The van der Waals surface area contributed by atoms with Crippen LogP contribution in [0.15, 0.2) is 30.3 Å². The minimum Gasteiger partial charge on any atom is -0.396 e. The zero-order valence-corrected chi connectivity index (χ0v) is 10.1. The average molecular weight is 247 g/mol. The van der Waals surface area contributed by atoms with Gasteiger partial charge >= 0.3 is 0 Å². The van der Waals surface area contributed by atoms with Crippen LogP contribution in [0.5, 0.6) is 0 Å². The number of nitrogens with zero attached hydrogens (tertiary/aromatic N) is 1. The van der Waals surface area contributed by atoms with Crippen molar-refractivity contribution in [3.8, 4) is 10.6 Å². The number of carbonyl (C=O) groups is 1. The van der Waals surface area contributed by atoms with E-state index in [1.165, 1.54) is 11.3 Å². The van der Waals surface area contributed by atoms with Crippen molar-refractivity contribution in [1.29, 1.82) is 0 Å². The molecule has 1 heterocycles. The van der Waals surface area contributed by atoms with E-state index in [2.05, 4.69) is 4.98 Å². The minimum atomic E-state index is 0.136. The second-order valence-corrected chi connectivity index (χ2v) is 4.72. The second-order valence-electron chi connectivity index (χ2n) is 3.64. The number of thiazole rings is 1. The van der Waals surface area contributed by atoms with E-state index in [-0.39, 0.29) is 6.61 Å². The third kappa shape index (κ3) is 2.78. The van der Waals surface area contributed by atoms with Crippen LogP contribution in [0, 0.1) is 0 Å². The molecule has 88 valence electrons. The Bertz CT molecular complexity index is 493. The van der Waals surface area contributed by atoms with Crippen molar-refractivity contribution >= 4 is 17.6 Å². The van der Waals surface area contributed by atoms with Crippen LogP contribution in [0.1, 0.15) is 21.8 Å².